The molecule has 0 radical (unpaired) electrons. The molecule has 0 bridgehead atoms. The molecule has 0 aliphatic carbocycles. The minimum atomic E-state index is -0.108. The Morgan fingerprint density at radius 3 is 2.95 bits per heavy atom. The second-order valence-electron chi connectivity index (χ2n) is 6.86. The average molecular weight is 291 g/mol. The smallest absolute Gasteiger partial charge is 0.127 e. The largest absolute Gasteiger partial charge is 0.487 e. The number of aliphatic hydroxyl groups excluding tert-OH is 1. The lowest BCUT2D eigenvalue weighted by molar-refractivity contribution is -0.0807. The van der Waals surface area contributed by atoms with E-state index in [2.05, 4.69) is 43.9 Å². The van der Waals surface area contributed by atoms with Crippen molar-refractivity contribution in [3.05, 3.63) is 29.3 Å². The highest BCUT2D eigenvalue weighted by Crippen LogP contribution is 2.38. The van der Waals surface area contributed by atoms with E-state index in [1.54, 1.807) is 0 Å². The molecule has 1 aromatic carbocycles. The van der Waals surface area contributed by atoms with Gasteiger partial charge in [0.15, 0.2) is 0 Å². The summed E-state index contributed by atoms with van der Waals surface area (Å²) >= 11 is 0. The summed E-state index contributed by atoms with van der Waals surface area (Å²) in [6.45, 7) is 8.81. The SMILES string of the molecule is C[C@H]1CO[C@@H](CO)CN1Cc1cccc2c1OC(C)(C)C2. The Morgan fingerprint density at radius 2 is 2.19 bits per heavy atom. The highest BCUT2D eigenvalue weighted by molar-refractivity contribution is 5.45. The molecule has 2 aliphatic rings. The van der Waals surface area contributed by atoms with Crippen LogP contribution >= 0.6 is 0 Å². The van der Waals surface area contributed by atoms with Crippen molar-refractivity contribution in [2.75, 3.05) is 19.8 Å². The first-order valence-corrected chi connectivity index (χ1v) is 7.75. The molecule has 4 nitrogen and oxygen atoms in total. The first-order valence-electron chi connectivity index (χ1n) is 7.75. The van der Waals surface area contributed by atoms with Gasteiger partial charge in [-0.1, -0.05) is 18.2 Å². The molecule has 0 aromatic heterocycles. The van der Waals surface area contributed by atoms with Crippen LogP contribution in [0.3, 0.4) is 0 Å². The zero-order valence-electron chi connectivity index (χ0n) is 13.1. The number of nitrogens with zero attached hydrogens (tertiary/aromatic N) is 1. The number of hydrogen-bond donors (Lipinski definition) is 1. The quantitative estimate of drug-likeness (QED) is 0.924. The van der Waals surface area contributed by atoms with E-state index in [4.69, 9.17) is 9.47 Å². The van der Waals surface area contributed by atoms with Crippen molar-refractivity contribution in [1.29, 1.82) is 0 Å². The summed E-state index contributed by atoms with van der Waals surface area (Å²) in [5.41, 5.74) is 2.43. The van der Waals surface area contributed by atoms with Gasteiger partial charge in [0.05, 0.1) is 19.3 Å². The monoisotopic (exact) mass is 291 g/mol. The third kappa shape index (κ3) is 3.07. The standard InChI is InChI=1S/C17H25NO3/c1-12-11-20-15(10-19)9-18(12)8-14-6-4-5-13-7-17(2,3)21-16(13)14/h4-6,12,15,19H,7-11H2,1-3H3/t12-,15+/m0/s1. The lowest BCUT2D eigenvalue weighted by Crippen LogP contribution is -2.48. The molecule has 3 rings (SSSR count). The van der Waals surface area contributed by atoms with Crippen LogP contribution in [0.15, 0.2) is 18.2 Å². The van der Waals surface area contributed by atoms with Crippen LogP contribution in [-0.2, 0) is 17.7 Å². The van der Waals surface area contributed by atoms with E-state index in [1.807, 2.05) is 0 Å². The van der Waals surface area contributed by atoms with Crippen LogP contribution in [0.5, 0.6) is 5.75 Å². The Kier molecular flexibility index (Phi) is 3.95. The van der Waals surface area contributed by atoms with E-state index in [-0.39, 0.29) is 18.3 Å². The molecule has 0 amide bonds. The Bertz CT molecular complexity index is 515. The van der Waals surface area contributed by atoms with Crippen molar-refractivity contribution in [1.82, 2.24) is 4.90 Å². The van der Waals surface area contributed by atoms with Crippen molar-refractivity contribution in [3.63, 3.8) is 0 Å². The Morgan fingerprint density at radius 1 is 1.38 bits per heavy atom. The molecule has 116 valence electrons. The van der Waals surface area contributed by atoms with E-state index >= 15 is 0 Å². The number of para-hydroxylation sites is 1. The van der Waals surface area contributed by atoms with Gasteiger partial charge in [0.2, 0.25) is 0 Å². The third-order valence-electron chi connectivity index (χ3n) is 4.38. The van der Waals surface area contributed by atoms with Gasteiger partial charge in [-0.05, 0) is 26.3 Å². The van der Waals surface area contributed by atoms with Crippen molar-refractivity contribution >= 4 is 0 Å². The van der Waals surface area contributed by atoms with Crippen molar-refractivity contribution < 1.29 is 14.6 Å². The molecule has 0 saturated carbocycles. The summed E-state index contributed by atoms with van der Waals surface area (Å²) in [6, 6.07) is 6.79. The summed E-state index contributed by atoms with van der Waals surface area (Å²) in [4.78, 5) is 2.37. The summed E-state index contributed by atoms with van der Waals surface area (Å²) in [5, 5.41) is 9.31. The molecule has 0 spiro atoms. The molecule has 2 heterocycles. The van der Waals surface area contributed by atoms with Gasteiger partial charge in [-0.15, -0.1) is 0 Å². The predicted molar refractivity (Wildman–Crippen MR) is 81.6 cm³/mol. The van der Waals surface area contributed by atoms with Gasteiger partial charge < -0.3 is 14.6 Å². The molecule has 2 atom stereocenters. The van der Waals surface area contributed by atoms with E-state index in [1.165, 1.54) is 11.1 Å². The fourth-order valence-corrected chi connectivity index (χ4v) is 3.23. The molecule has 1 fully saturated rings. The number of benzene rings is 1. The van der Waals surface area contributed by atoms with E-state index in [0.29, 0.717) is 12.6 Å². The minimum Gasteiger partial charge on any atom is -0.487 e. The Labute approximate surface area is 126 Å². The van der Waals surface area contributed by atoms with Gasteiger partial charge in [-0.25, -0.2) is 0 Å². The lowest BCUT2D eigenvalue weighted by atomic mass is 10.00. The van der Waals surface area contributed by atoms with Crippen molar-refractivity contribution in [2.45, 2.75) is 51.5 Å². The minimum absolute atomic E-state index is 0.0738. The number of aliphatic hydroxyl groups is 1. The first kappa shape index (κ1) is 14.8. The molecule has 2 aliphatic heterocycles. The van der Waals surface area contributed by atoms with Gasteiger partial charge in [-0.2, -0.15) is 0 Å². The number of hydrogen-bond acceptors (Lipinski definition) is 4. The fraction of sp³-hybridized carbons (Fsp3) is 0.647. The van der Waals surface area contributed by atoms with Gasteiger partial charge in [0.1, 0.15) is 11.4 Å². The van der Waals surface area contributed by atoms with E-state index < -0.39 is 0 Å². The zero-order valence-corrected chi connectivity index (χ0v) is 13.1. The van der Waals surface area contributed by atoms with Gasteiger partial charge >= 0.3 is 0 Å². The Hall–Kier alpha value is -1.10. The van der Waals surface area contributed by atoms with Crippen LogP contribution in [0.2, 0.25) is 0 Å². The summed E-state index contributed by atoms with van der Waals surface area (Å²) in [6.07, 6.45) is 0.893. The second-order valence-corrected chi connectivity index (χ2v) is 6.86. The first-order chi connectivity index (χ1) is 9.98. The van der Waals surface area contributed by atoms with Crippen LogP contribution in [-0.4, -0.2) is 47.5 Å². The van der Waals surface area contributed by atoms with Crippen molar-refractivity contribution in [2.24, 2.45) is 0 Å². The summed E-state index contributed by atoms with van der Waals surface area (Å²) < 4.78 is 11.8. The molecule has 1 saturated heterocycles. The molecular formula is C17H25NO3. The van der Waals surface area contributed by atoms with Crippen LogP contribution in [0.25, 0.3) is 0 Å². The molecule has 0 unspecified atom stereocenters. The number of rotatable bonds is 3. The van der Waals surface area contributed by atoms with Crippen LogP contribution in [0.1, 0.15) is 31.9 Å². The molecule has 21 heavy (non-hydrogen) atoms. The van der Waals surface area contributed by atoms with Gasteiger partial charge in [0.25, 0.3) is 0 Å². The number of fused-ring (bicyclic) bond motifs is 1. The van der Waals surface area contributed by atoms with Gasteiger partial charge in [-0.3, -0.25) is 4.90 Å². The summed E-state index contributed by atoms with van der Waals surface area (Å²) in [5.74, 6) is 1.06. The molecule has 1 N–H and O–H groups in total. The molecular weight excluding hydrogens is 266 g/mol. The maximum absolute atomic E-state index is 9.31. The zero-order chi connectivity index (χ0) is 15.0. The predicted octanol–water partition coefficient (Wildman–Crippen LogP) is 1.98. The van der Waals surface area contributed by atoms with Crippen LogP contribution in [0, 0.1) is 0 Å². The Balaban J connectivity index is 1.78. The second kappa shape index (κ2) is 5.59. The van der Waals surface area contributed by atoms with Crippen LogP contribution in [0.4, 0.5) is 0 Å². The van der Waals surface area contributed by atoms with E-state index in [9.17, 15) is 5.11 Å². The normalized spacial score (nSPS) is 28.2. The third-order valence-corrected chi connectivity index (χ3v) is 4.38. The maximum atomic E-state index is 9.31. The van der Waals surface area contributed by atoms with E-state index in [0.717, 1.165) is 25.3 Å². The number of ether oxygens (including phenoxy) is 2. The van der Waals surface area contributed by atoms with Crippen LogP contribution < -0.4 is 4.74 Å². The topological polar surface area (TPSA) is 41.9 Å². The summed E-state index contributed by atoms with van der Waals surface area (Å²) in [7, 11) is 0. The lowest BCUT2D eigenvalue weighted by Gasteiger charge is -2.37. The highest BCUT2D eigenvalue weighted by Gasteiger charge is 2.33. The highest BCUT2D eigenvalue weighted by atomic mass is 16.5. The fourth-order valence-electron chi connectivity index (χ4n) is 3.23. The number of morpholine rings is 1. The molecule has 1 aromatic rings. The molecule has 4 heteroatoms. The average Bonchev–Trinajstić information content (AvgIpc) is 2.76. The van der Waals surface area contributed by atoms with Gasteiger partial charge in [0, 0.05) is 31.1 Å². The maximum Gasteiger partial charge on any atom is 0.127 e. The van der Waals surface area contributed by atoms with Crippen molar-refractivity contribution in [3.8, 4) is 5.75 Å².